The summed E-state index contributed by atoms with van der Waals surface area (Å²) in [5.41, 5.74) is 1.20. The Kier molecular flexibility index (Phi) is 7.40. The summed E-state index contributed by atoms with van der Waals surface area (Å²) in [6.45, 7) is 9.08. The number of urea groups is 1. The second kappa shape index (κ2) is 9.56. The molecule has 0 spiro atoms. The van der Waals surface area contributed by atoms with E-state index in [0.29, 0.717) is 0 Å². The molecule has 1 atom stereocenters. The molecule has 1 N–H and O–H groups in total. The lowest BCUT2D eigenvalue weighted by Gasteiger charge is -2.29. The molecule has 1 saturated heterocycles. The lowest BCUT2D eigenvalue weighted by molar-refractivity contribution is 0.188. The average molecular weight is 317 g/mol. The molecule has 0 aliphatic carbocycles. The minimum atomic E-state index is 0.0676. The van der Waals surface area contributed by atoms with Crippen LogP contribution in [-0.4, -0.2) is 48.6 Å². The van der Waals surface area contributed by atoms with Crippen LogP contribution in [0, 0.1) is 0 Å². The molecule has 1 fully saturated rings. The first kappa shape index (κ1) is 17.8. The molecule has 1 aliphatic heterocycles. The molecule has 1 aliphatic rings. The van der Waals surface area contributed by atoms with Crippen LogP contribution in [0.15, 0.2) is 30.3 Å². The fraction of sp³-hybridized carbons (Fsp3) is 0.632. The molecule has 0 saturated carbocycles. The van der Waals surface area contributed by atoms with Crippen LogP contribution in [0.5, 0.6) is 0 Å². The quantitative estimate of drug-likeness (QED) is 0.794. The van der Waals surface area contributed by atoms with Gasteiger partial charge in [0.25, 0.3) is 0 Å². The topological polar surface area (TPSA) is 35.6 Å². The molecule has 4 nitrogen and oxygen atoms in total. The molecular weight excluding hydrogens is 286 g/mol. The normalized spacial score (nSPS) is 16.3. The van der Waals surface area contributed by atoms with Gasteiger partial charge in [-0.1, -0.05) is 44.2 Å². The van der Waals surface area contributed by atoms with Gasteiger partial charge in [-0.15, -0.1) is 0 Å². The maximum absolute atomic E-state index is 12.7. The Morgan fingerprint density at radius 2 is 1.74 bits per heavy atom. The number of hydrogen-bond acceptors (Lipinski definition) is 2. The number of carbonyl (C=O) groups excluding carboxylic acids is 1. The van der Waals surface area contributed by atoms with Crippen LogP contribution < -0.4 is 5.32 Å². The van der Waals surface area contributed by atoms with Gasteiger partial charge >= 0.3 is 6.03 Å². The second-order valence-electron chi connectivity index (χ2n) is 6.41. The van der Waals surface area contributed by atoms with Crippen molar-refractivity contribution in [3.05, 3.63) is 35.9 Å². The van der Waals surface area contributed by atoms with E-state index in [4.69, 9.17) is 0 Å². The average Bonchev–Trinajstić information content (AvgIpc) is 3.08. The Labute approximate surface area is 140 Å². The molecule has 128 valence electrons. The lowest BCUT2D eigenvalue weighted by Crippen LogP contribution is -2.45. The highest BCUT2D eigenvalue weighted by atomic mass is 16.2. The van der Waals surface area contributed by atoms with E-state index < -0.39 is 0 Å². The first-order valence-electron chi connectivity index (χ1n) is 9.07. The van der Waals surface area contributed by atoms with Crippen molar-refractivity contribution >= 4 is 6.03 Å². The van der Waals surface area contributed by atoms with Gasteiger partial charge in [-0.2, -0.15) is 0 Å². The van der Waals surface area contributed by atoms with E-state index in [1.54, 1.807) is 0 Å². The van der Waals surface area contributed by atoms with Crippen molar-refractivity contribution in [3.63, 3.8) is 0 Å². The van der Waals surface area contributed by atoms with Crippen molar-refractivity contribution in [2.24, 2.45) is 0 Å². The van der Waals surface area contributed by atoms with Crippen molar-refractivity contribution in [1.29, 1.82) is 0 Å². The number of nitrogens with zero attached hydrogens (tertiary/aromatic N) is 2. The third-order valence-corrected chi connectivity index (χ3v) is 4.41. The summed E-state index contributed by atoms with van der Waals surface area (Å²) in [5, 5.41) is 3.28. The second-order valence-corrected chi connectivity index (χ2v) is 6.41. The van der Waals surface area contributed by atoms with Gasteiger partial charge < -0.3 is 15.1 Å². The fourth-order valence-electron chi connectivity index (χ4n) is 3.24. The van der Waals surface area contributed by atoms with E-state index in [1.807, 2.05) is 23.1 Å². The van der Waals surface area contributed by atoms with Gasteiger partial charge in [-0.05, 0) is 44.3 Å². The summed E-state index contributed by atoms with van der Waals surface area (Å²) in [6, 6.07) is 10.5. The molecule has 2 rings (SSSR count). The van der Waals surface area contributed by atoms with Crippen LogP contribution in [0.3, 0.4) is 0 Å². The highest BCUT2D eigenvalue weighted by Crippen LogP contribution is 2.18. The summed E-state index contributed by atoms with van der Waals surface area (Å²) in [4.78, 5) is 17.1. The minimum Gasteiger partial charge on any atom is -0.330 e. The zero-order chi connectivity index (χ0) is 16.5. The fourth-order valence-corrected chi connectivity index (χ4v) is 3.24. The molecule has 4 heteroatoms. The predicted octanol–water partition coefficient (Wildman–Crippen LogP) is 3.66. The van der Waals surface area contributed by atoms with Gasteiger partial charge in [0, 0.05) is 19.6 Å². The first-order valence-corrected chi connectivity index (χ1v) is 9.07. The van der Waals surface area contributed by atoms with Gasteiger partial charge in [0.1, 0.15) is 0 Å². The Hall–Kier alpha value is -1.55. The molecule has 2 amide bonds. The van der Waals surface area contributed by atoms with Gasteiger partial charge in [0.05, 0.1) is 6.04 Å². The zero-order valence-electron chi connectivity index (χ0n) is 14.6. The molecule has 1 aromatic carbocycles. The third kappa shape index (κ3) is 5.54. The largest absolute Gasteiger partial charge is 0.330 e. The monoisotopic (exact) mass is 317 g/mol. The summed E-state index contributed by atoms with van der Waals surface area (Å²) in [6.07, 6.45) is 4.53. The molecule has 1 aromatic rings. The van der Waals surface area contributed by atoms with E-state index in [-0.39, 0.29) is 12.1 Å². The standard InChI is InChI=1S/C19H31N3O/c1-3-12-22(13-4-2)19(23)20-18(16-21-14-8-9-15-21)17-10-6-5-7-11-17/h5-7,10-11,18H,3-4,8-9,12-16H2,1-2H3,(H,20,23). The number of hydrogen-bond donors (Lipinski definition) is 1. The highest BCUT2D eigenvalue weighted by molar-refractivity contribution is 5.74. The molecule has 0 bridgehead atoms. The molecule has 0 radical (unpaired) electrons. The van der Waals surface area contributed by atoms with Crippen molar-refractivity contribution in [1.82, 2.24) is 15.1 Å². The van der Waals surface area contributed by atoms with Crippen molar-refractivity contribution in [2.45, 2.75) is 45.6 Å². The maximum atomic E-state index is 12.7. The van der Waals surface area contributed by atoms with Gasteiger partial charge in [0.15, 0.2) is 0 Å². The molecule has 0 aromatic heterocycles. The van der Waals surface area contributed by atoms with Gasteiger partial charge in [-0.3, -0.25) is 0 Å². The van der Waals surface area contributed by atoms with Crippen LogP contribution >= 0.6 is 0 Å². The predicted molar refractivity (Wildman–Crippen MR) is 95.5 cm³/mol. The molecule has 23 heavy (non-hydrogen) atoms. The number of nitrogens with one attached hydrogen (secondary N) is 1. The smallest absolute Gasteiger partial charge is 0.317 e. The van der Waals surface area contributed by atoms with E-state index in [0.717, 1.165) is 45.6 Å². The van der Waals surface area contributed by atoms with Crippen molar-refractivity contribution in [3.8, 4) is 0 Å². The lowest BCUT2D eigenvalue weighted by atomic mass is 10.1. The molecule has 1 heterocycles. The van der Waals surface area contributed by atoms with Crippen LogP contribution in [-0.2, 0) is 0 Å². The summed E-state index contributed by atoms with van der Waals surface area (Å²) in [5.74, 6) is 0. The first-order chi connectivity index (χ1) is 11.2. The number of likely N-dealkylation sites (tertiary alicyclic amines) is 1. The summed E-state index contributed by atoms with van der Waals surface area (Å²) in [7, 11) is 0. The summed E-state index contributed by atoms with van der Waals surface area (Å²) >= 11 is 0. The van der Waals surface area contributed by atoms with Crippen molar-refractivity contribution < 1.29 is 4.79 Å². The Morgan fingerprint density at radius 3 is 2.30 bits per heavy atom. The van der Waals surface area contributed by atoms with Crippen LogP contribution in [0.2, 0.25) is 0 Å². The molecule has 1 unspecified atom stereocenters. The van der Waals surface area contributed by atoms with Crippen molar-refractivity contribution in [2.75, 3.05) is 32.7 Å². The Morgan fingerprint density at radius 1 is 1.13 bits per heavy atom. The van der Waals surface area contributed by atoms with Crippen LogP contribution in [0.4, 0.5) is 4.79 Å². The Bertz CT molecular complexity index is 451. The number of amides is 2. The zero-order valence-corrected chi connectivity index (χ0v) is 14.6. The SMILES string of the molecule is CCCN(CCC)C(=O)NC(CN1CCCC1)c1ccccc1. The number of rotatable bonds is 8. The van der Waals surface area contributed by atoms with E-state index in [2.05, 4.69) is 36.2 Å². The van der Waals surface area contributed by atoms with E-state index >= 15 is 0 Å². The Balaban J connectivity index is 2.05. The minimum absolute atomic E-state index is 0.0676. The number of carbonyl (C=O) groups is 1. The van der Waals surface area contributed by atoms with Gasteiger partial charge in [0.2, 0.25) is 0 Å². The van der Waals surface area contributed by atoms with E-state index in [9.17, 15) is 4.79 Å². The van der Waals surface area contributed by atoms with Gasteiger partial charge in [-0.25, -0.2) is 4.79 Å². The third-order valence-electron chi connectivity index (χ3n) is 4.41. The maximum Gasteiger partial charge on any atom is 0.317 e. The van der Waals surface area contributed by atoms with E-state index in [1.165, 1.54) is 18.4 Å². The van der Waals surface area contributed by atoms with Crippen LogP contribution in [0.25, 0.3) is 0 Å². The van der Waals surface area contributed by atoms with Crippen LogP contribution in [0.1, 0.15) is 51.1 Å². The highest BCUT2D eigenvalue weighted by Gasteiger charge is 2.22. The summed E-state index contributed by atoms with van der Waals surface area (Å²) < 4.78 is 0. The number of benzene rings is 1. The molecular formula is C19H31N3O.